The number of nitrogen functional groups attached to an aromatic ring is 1. The molecule has 0 aliphatic carbocycles. The number of carbonyl (C=O) groups is 1. The lowest BCUT2D eigenvalue weighted by atomic mass is 10.0. The van der Waals surface area contributed by atoms with Crippen LogP contribution in [0.2, 0.25) is 0 Å². The van der Waals surface area contributed by atoms with Gasteiger partial charge in [0.25, 0.3) is 0 Å². The predicted octanol–water partition coefficient (Wildman–Crippen LogP) is 3.08. The molecule has 0 aromatic heterocycles. The maximum absolute atomic E-state index is 13.1. The summed E-state index contributed by atoms with van der Waals surface area (Å²) in [5.41, 5.74) is 7.98. The first-order valence-corrected chi connectivity index (χ1v) is 6.27. The number of halogens is 1. The van der Waals surface area contributed by atoms with Crippen LogP contribution in [0.3, 0.4) is 0 Å². The third-order valence-corrected chi connectivity index (χ3v) is 3.16. The molecule has 1 heterocycles. The Morgan fingerprint density at radius 3 is 2.85 bits per heavy atom. The zero-order valence-corrected chi connectivity index (χ0v) is 10.7. The van der Waals surface area contributed by atoms with E-state index in [4.69, 9.17) is 10.5 Å². The number of amides is 1. The van der Waals surface area contributed by atoms with Crippen LogP contribution in [-0.4, -0.2) is 5.91 Å². The van der Waals surface area contributed by atoms with Crippen molar-refractivity contribution in [3.05, 3.63) is 47.8 Å². The first kappa shape index (κ1) is 12.5. The lowest BCUT2D eigenvalue weighted by Gasteiger charge is -2.19. The molecule has 20 heavy (non-hydrogen) atoms. The molecule has 0 bridgehead atoms. The molecule has 2 aromatic carbocycles. The average molecular weight is 272 g/mol. The van der Waals surface area contributed by atoms with Crippen LogP contribution in [0.5, 0.6) is 11.5 Å². The molecule has 4 nitrogen and oxygen atoms in total. The molecule has 0 spiro atoms. The Hall–Kier alpha value is -2.56. The lowest BCUT2D eigenvalue weighted by Crippen LogP contribution is -2.19. The zero-order chi connectivity index (χ0) is 14.1. The fourth-order valence-corrected chi connectivity index (χ4v) is 2.17. The van der Waals surface area contributed by atoms with Crippen LogP contribution in [0.25, 0.3) is 0 Å². The van der Waals surface area contributed by atoms with E-state index in [1.165, 1.54) is 12.1 Å². The average Bonchev–Trinajstić information content (AvgIpc) is 2.40. The number of benzene rings is 2. The molecule has 1 amide bonds. The van der Waals surface area contributed by atoms with E-state index in [1.54, 1.807) is 24.3 Å². The normalized spacial score (nSPS) is 13.6. The molecule has 0 saturated heterocycles. The quantitative estimate of drug-likeness (QED) is 0.826. The van der Waals surface area contributed by atoms with Crippen molar-refractivity contribution in [2.24, 2.45) is 0 Å². The fraction of sp³-hybridized carbons (Fsp3) is 0.133. The number of carbonyl (C=O) groups excluding carboxylic acids is 1. The lowest BCUT2D eigenvalue weighted by molar-refractivity contribution is -0.116. The van der Waals surface area contributed by atoms with Crippen molar-refractivity contribution in [1.29, 1.82) is 0 Å². The summed E-state index contributed by atoms with van der Waals surface area (Å²) in [6, 6.07) is 9.32. The van der Waals surface area contributed by atoms with Crippen LogP contribution in [0, 0.1) is 5.82 Å². The van der Waals surface area contributed by atoms with E-state index < -0.39 is 0 Å². The highest BCUT2D eigenvalue weighted by molar-refractivity contribution is 5.94. The van der Waals surface area contributed by atoms with Crippen molar-refractivity contribution in [3.63, 3.8) is 0 Å². The van der Waals surface area contributed by atoms with Crippen LogP contribution < -0.4 is 15.8 Å². The number of ether oxygens (including phenoxy) is 1. The van der Waals surface area contributed by atoms with Crippen LogP contribution in [-0.2, 0) is 11.2 Å². The van der Waals surface area contributed by atoms with Crippen LogP contribution in [0.15, 0.2) is 36.4 Å². The van der Waals surface area contributed by atoms with Gasteiger partial charge in [-0.25, -0.2) is 4.39 Å². The van der Waals surface area contributed by atoms with Crippen molar-refractivity contribution in [3.8, 4) is 11.5 Å². The van der Waals surface area contributed by atoms with Crippen molar-refractivity contribution < 1.29 is 13.9 Å². The van der Waals surface area contributed by atoms with E-state index in [9.17, 15) is 9.18 Å². The second kappa shape index (κ2) is 4.85. The molecule has 5 heteroatoms. The van der Waals surface area contributed by atoms with Crippen molar-refractivity contribution >= 4 is 17.3 Å². The number of nitrogens with two attached hydrogens (primary N) is 1. The summed E-state index contributed by atoms with van der Waals surface area (Å²) < 4.78 is 18.7. The first-order valence-electron chi connectivity index (χ1n) is 6.27. The van der Waals surface area contributed by atoms with Crippen LogP contribution in [0.4, 0.5) is 15.8 Å². The van der Waals surface area contributed by atoms with E-state index >= 15 is 0 Å². The Bertz CT molecular complexity index is 686. The second-order valence-corrected chi connectivity index (χ2v) is 4.65. The minimum Gasteiger partial charge on any atom is -0.455 e. The van der Waals surface area contributed by atoms with E-state index in [2.05, 4.69) is 5.32 Å². The van der Waals surface area contributed by atoms with E-state index in [0.717, 1.165) is 5.56 Å². The van der Waals surface area contributed by atoms with Gasteiger partial charge in [-0.2, -0.15) is 0 Å². The van der Waals surface area contributed by atoms with Crippen molar-refractivity contribution in [2.45, 2.75) is 12.8 Å². The Balaban J connectivity index is 1.92. The molecular formula is C15H13FN2O2. The van der Waals surface area contributed by atoms with Gasteiger partial charge >= 0.3 is 0 Å². The minimum absolute atomic E-state index is 0.0179. The van der Waals surface area contributed by atoms with Crippen molar-refractivity contribution in [2.75, 3.05) is 11.1 Å². The Kier molecular flexibility index (Phi) is 3.02. The Morgan fingerprint density at radius 1 is 1.20 bits per heavy atom. The number of aryl methyl sites for hydroxylation is 1. The molecular weight excluding hydrogens is 259 g/mol. The third-order valence-electron chi connectivity index (χ3n) is 3.16. The van der Waals surface area contributed by atoms with Gasteiger partial charge in [-0.3, -0.25) is 4.79 Å². The molecule has 0 saturated carbocycles. The molecule has 1 aliphatic heterocycles. The fourth-order valence-electron chi connectivity index (χ4n) is 2.17. The highest BCUT2D eigenvalue weighted by atomic mass is 19.1. The molecule has 2 aromatic rings. The molecule has 3 N–H and O–H groups in total. The van der Waals surface area contributed by atoms with Gasteiger partial charge in [0.2, 0.25) is 5.91 Å². The zero-order valence-electron chi connectivity index (χ0n) is 10.7. The number of hydrogen-bond acceptors (Lipinski definition) is 3. The standard InChI is InChI=1S/C15H13FN2O2/c16-10-2-1-3-11(7-10)20-14-6-9-4-5-15(19)18-13(9)8-12(14)17/h1-3,6-8H,4-5,17H2,(H,18,19). The van der Waals surface area contributed by atoms with Gasteiger partial charge in [0.05, 0.1) is 5.69 Å². The predicted molar refractivity (Wildman–Crippen MR) is 74.3 cm³/mol. The summed E-state index contributed by atoms with van der Waals surface area (Å²) in [5, 5.41) is 2.77. The van der Waals surface area contributed by atoms with Gasteiger partial charge in [-0.05, 0) is 36.2 Å². The molecule has 0 fully saturated rings. The SMILES string of the molecule is Nc1cc2c(cc1Oc1cccc(F)c1)CCC(=O)N2. The monoisotopic (exact) mass is 272 g/mol. The van der Waals surface area contributed by atoms with Crippen LogP contribution >= 0.6 is 0 Å². The molecule has 0 atom stereocenters. The van der Waals surface area contributed by atoms with E-state index in [-0.39, 0.29) is 11.7 Å². The number of nitrogens with one attached hydrogen (secondary N) is 1. The van der Waals surface area contributed by atoms with Crippen LogP contribution in [0.1, 0.15) is 12.0 Å². The highest BCUT2D eigenvalue weighted by Gasteiger charge is 2.17. The summed E-state index contributed by atoms with van der Waals surface area (Å²) in [4.78, 5) is 11.3. The molecule has 0 unspecified atom stereocenters. The number of hydrogen-bond donors (Lipinski definition) is 2. The maximum atomic E-state index is 13.1. The molecule has 102 valence electrons. The summed E-state index contributed by atoms with van der Waals surface area (Å²) in [6.45, 7) is 0. The Labute approximate surface area is 115 Å². The summed E-state index contributed by atoms with van der Waals surface area (Å²) in [5.74, 6) is 0.462. The van der Waals surface area contributed by atoms with Gasteiger partial charge in [-0.1, -0.05) is 6.07 Å². The van der Waals surface area contributed by atoms with Gasteiger partial charge in [-0.15, -0.1) is 0 Å². The van der Waals surface area contributed by atoms with Gasteiger partial charge in [0, 0.05) is 18.2 Å². The third kappa shape index (κ3) is 2.42. The van der Waals surface area contributed by atoms with Gasteiger partial charge < -0.3 is 15.8 Å². The largest absolute Gasteiger partial charge is 0.455 e. The topological polar surface area (TPSA) is 64.3 Å². The van der Waals surface area contributed by atoms with E-state index in [0.29, 0.717) is 35.7 Å². The molecule has 0 radical (unpaired) electrons. The second-order valence-electron chi connectivity index (χ2n) is 4.65. The molecule has 3 rings (SSSR count). The molecule has 1 aliphatic rings. The number of fused-ring (bicyclic) bond motifs is 1. The summed E-state index contributed by atoms with van der Waals surface area (Å²) in [7, 11) is 0. The maximum Gasteiger partial charge on any atom is 0.224 e. The Morgan fingerprint density at radius 2 is 2.05 bits per heavy atom. The van der Waals surface area contributed by atoms with Crippen molar-refractivity contribution in [1.82, 2.24) is 0 Å². The van der Waals surface area contributed by atoms with E-state index in [1.807, 2.05) is 0 Å². The summed E-state index contributed by atoms with van der Waals surface area (Å²) >= 11 is 0. The van der Waals surface area contributed by atoms with Gasteiger partial charge in [0.1, 0.15) is 11.6 Å². The summed E-state index contributed by atoms with van der Waals surface area (Å²) in [6.07, 6.45) is 1.08. The number of anilines is 2. The minimum atomic E-state index is -0.369. The number of rotatable bonds is 2. The highest BCUT2D eigenvalue weighted by Crippen LogP contribution is 2.35. The van der Waals surface area contributed by atoms with Gasteiger partial charge in [0.15, 0.2) is 5.75 Å². The smallest absolute Gasteiger partial charge is 0.224 e. The first-order chi connectivity index (χ1) is 9.61.